The quantitative estimate of drug-likeness (QED) is 0.269. The van der Waals surface area contributed by atoms with E-state index in [1.807, 2.05) is 19.1 Å². The summed E-state index contributed by atoms with van der Waals surface area (Å²) in [7, 11) is -1.00. The van der Waals surface area contributed by atoms with E-state index < -0.39 is 8.80 Å². The molecule has 1 aliphatic carbocycles. The van der Waals surface area contributed by atoms with Gasteiger partial charge in [-0.15, -0.1) is 0 Å². The van der Waals surface area contributed by atoms with Gasteiger partial charge in [0.25, 0.3) is 0 Å². The molecule has 160 valence electrons. The zero-order valence-electron chi connectivity index (χ0n) is 19.1. The van der Waals surface area contributed by atoms with Crippen molar-refractivity contribution in [2.45, 2.75) is 78.3 Å². The molecule has 0 heterocycles. The van der Waals surface area contributed by atoms with Gasteiger partial charge in [-0.1, -0.05) is 59.7 Å². The van der Waals surface area contributed by atoms with Gasteiger partial charge >= 0.3 is 0 Å². The van der Waals surface area contributed by atoms with Crippen LogP contribution >= 0.6 is 0 Å². The summed E-state index contributed by atoms with van der Waals surface area (Å²) in [6.07, 6.45) is 8.69. The molecule has 3 atom stereocenters. The molecule has 0 saturated heterocycles. The monoisotopic (exact) mass is 414 g/mol. The number of carbonyl (C=O) groups is 2. The Morgan fingerprint density at radius 2 is 1.93 bits per heavy atom. The highest BCUT2D eigenvalue weighted by molar-refractivity contribution is 6.60. The van der Waals surface area contributed by atoms with E-state index in [2.05, 4.69) is 46.4 Å². The number of ether oxygens (including phenoxy) is 1. The molecule has 3 nitrogen and oxygen atoms in total. The van der Waals surface area contributed by atoms with Gasteiger partial charge in [0.2, 0.25) is 0 Å². The highest BCUT2D eigenvalue weighted by Crippen LogP contribution is 2.32. The van der Waals surface area contributed by atoms with Gasteiger partial charge in [0.15, 0.2) is 5.78 Å². The first-order valence-electron chi connectivity index (χ1n) is 11.1. The summed E-state index contributed by atoms with van der Waals surface area (Å²) in [5, 5.41) is 0.331. The lowest BCUT2D eigenvalue weighted by Crippen LogP contribution is -2.29. The average Bonchev–Trinajstić information content (AvgIpc) is 2.98. The number of carbonyl (C=O) groups excluding carboxylic acids is 2. The number of rotatable bonds is 10. The maximum atomic E-state index is 13.0. The summed E-state index contributed by atoms with van der Waals surface area (Å²) in [5.41, 5.74) is 2.81. The Morgan fingerprint density at radius 1 is 1.21 bits per heavy atom. The first-order chi connectivity index (χ1) is 13.7. The van der Waals surface area contributed by atoms with Crippen LogP contribution in [0, 0.1) is 11.8 Å². The van der Waals surface area contributed by atoms with Gasteiger partial charge < -0.3 is 9.53 Å². The zero-order valence-corrected chi connectivity index (χ0v) is 20.2. The van der Waals surface area contributed by atoms with Crippen LogP contribution in [-0.2, 0) is 11.2 Å². The maximum Gasteiger partial charge on any atom is 0.189 e. The molecule has 0 N–H and O–H groups in total. The van der Waals surface area contributed by atoms with Crippen LogP contribution in [0.25, 0.3) is 0 Å². The zero-order chi connectivity index (χ0) is 21.6. The van der Waals surface area contributed by atoms with Crippen LogP contribution in [0.4, 0.5) is 0 Å². The van der Waals surface area contributed by atoms with Crippen LogP contribution in [0.5, 0.6) is 5.75 Å². The molecule has 0 radical (unpaired) electrons. The van der Waals surface area contributed by atoms with Crippen molar-refractivity contribution in [3.8, 4) is 5.75 Å². The van der Waals surface area contributed by atoms with Crippen LogP contribution < -0.4 is 4.74 Å². The second-order valence-corrected chi connectivity index (χ2v) is 13.7. The summed E-state index contributed by atoms with van der Waals surface area (Å²) < 4.78 is 6.06. The lowest BCUT2D eigenvalue weighted by molar-refractivity contribution is -0.110. The van der Waals surface area contributed by atoms with E-state index in [4.69, 9.17) is 4.74 Å². The van der Waals surface area contributed by atoms with E-state index in [1.165, 1.54) is 0 Å². The Hall–Kier alpha value is -1.68. The average molecular weight is 415 g/mol. The predicted molar refractivity (Wildman–Crippen MR) is 124 cm³/mol. The van der Waals surface area contributed by atoms with Gasteiger partial charge in [-0.05, 0) is 47.9 Å². The van der Waals surface area contributed by atoms with Gasteiger partial charge in [0.05, 0.1) is 15.0 Å². The molecule has 0 spiro atoms. The fraction of sp³-hybridized carbons (Fsp3) is 0.600. The number of benzene rings is 1. The number of aldehydes is 1. The lowest BCUT2D eigenvalue weighted by atomic mass is 9.91. The third-order valence-electron chi connectivity index (χ3n) is 6.30. The lowest BCUT2D eigenvalue weighted by Gasteiger charge is -2.25. The molecule has 1 aliphatic rings. The van der Waals surface area contributed by atoms with Crippen molar-refractivity contribution in [2.24, 2.45) is 11.8 Å². The fourth-order valence-electron chi connectivity index (χ4n) is 3.59. The molecule has 29 heavy (non-hydrogen) atoms. The van der Waals surface area contributed by atoms with Crippen molar-refractivity contribution in [2.75, 3.05) is 6.23 Å². The molecule has 0 fully saturated rings. The molecular weight excluding hydrogens is 376 g/mol. The molecule has 2 rings (SSSR count). The standard InChI is InChI=1S/C25H38O3Si/c1-7-8-19(10-9-18(2)16-26)13-21-14-20-11-12-22(15-23(20)24(21)27)28-17-29(6)25(3,4)5/h11-13,15-16,18-19,29H,7-10,14,17H2,1-6H3/b21-13+. The predicted octanol–water partition coefficient (Wildman–Crippen LogP) is 5.96. The molecule has 0 bridgehead atoms. The van der Waals surface area contributed by atoms with Crippen LogP contribution in [0.3, 0.4) is 0 Å². The fourth-order valence-corrected chi connectivity index (χ4v) is 4.53. The molecule has 1 aromatic carbocycles. The Labute approximate surface area is 178 Å². The summed E-state index contributed by atoms with van der Waals surface area (Å²) in [6.45, 7) is 13.3. The first-order valence-corrected chi connectivity index (χ1v) is 13.7. The van der Waals surface area contributed by atoms with Gasteiger partial charge in [-0.2, -0.15) is 0 Å². The second kappa shape index (κ2) is 10.4. The highest BCUT2D eigenvalue weighted by Gasteiger charge is 2.27. The minimum atomic E-state index is -1.00. The molecule has 0 aliphatic heterocycles. The summed E-state index contributed by atoms with van der Waals surface area (Å²) in [5.74, 6) is 1.41. The molecular formula is C25H38O3Si. The number of ketones is 1. The number of hydrogen-bond donors (Lipinski definition) is 0. The molecule has 0 amide bonds. The normalized spacial score (nSPS) is 18.4. The van der Waals surface area contributed by atoms with E-state index in [-0.39, 0.29) is 11.7 Å². The van der Waals surface area contributed by atoms with Crippen molar-refractivity contribution in [1.82, 2.24) is 0 Å². The topological polar surface area (TPSA) is 43.4 Å². The second-order valence-electron chi connectivity index (χ2n) is 9.83. The van der Waals surface area contributed by atoms with Crippen molar-refractivity contribution in [1.29, 1.82) is 0 Å². The van der Waals surface area contributed by atoms with Gasteiger partial charge in [0, 0.05) is 23.5 Å². The third-order valence-corrected chi connectivity index (χ3v) is 9.92. The first kappa shape index (κ1) is 23.6. The Morgan fingerprint density at radius 3 is 2.55 bits per heavy atom. The summed E-state index contributed by atoms with van der Waals surface area (Å²) in [4.78, 5) is 23.9. The number of allylic oxidation sites excluding steroid dienone is 2. The van der Waals surface area contributed by atoms with Crippen LogP contribution in [0.15, 0.2) is 29.8 Å². The SMILES string of the molecule is CCCC(/C=C1\Cc2ccc(OC[SiH](C)C(C)(C)C)cc2C1=O)CCC(C)C=O. The van der Waals surface area contributed by atoms with Crippen molar-refractivity contribution in [3.63, 3.8) is 0 Å². The van der Waals surface area contributed by atoms with Gasteiger partial charge in [-0.3, -0.25) is 4.79 Å². The largest absolute Gasteiger partial charge is 0.498 e. The van der Waals surface area contributed by atoms with E-state index in [1.54, 1.807) is 0 Å². The summed E-state index contributed by atoms with van der Waals surface area (Å²) in [6, 6.07) is 6.00. The van der Waals surface area contributed by atoms with Crippen molar-refractivity contribution >= 4 is 20.9 Å². The Kier molecular flexibility index (Phi) is 8.44. The third kappa shape index (κ3) is 6.67. The van der Waals surface area contributed by atoms with Crippen molar-refractivity contribution in [3.05, 3.63) is 41.0 Å². The number of fused-ring (bicyclic) bond motifs is 1. The highest BCUT2D eigenvalue weighted by atomic mass is 28.3. The van der Waals surface area contributed by atoms with E-state index >= 15 is 0 Å². The Balaban J connectivity index is 2.09. The maximum absolute atomic E-state index is 13.0. The number of Topliss-reactive ketones (excluding diaryl/α,β-unsaturated/α-hetero) is 1. The van der Waals surface area contributed by atoms with Crippen LogP contribution in [0.1, 0.15) is 76.2 Å². The van der Waals surface area contributed by atoms with Crippen LogP contribution in [-0.4, -0.2) is 27.1 Å². The van der Waals surface area contributed by atoms with E-state index in [9.17, 15) is 9.59 Å². The molecule has 0 aromatic heterocycles. The molecule has 1 aromatic rings. The minimum absolute atomic E-state index is 0.0861. The van der Waals surface area contributed by atoms with Crippen molar-refractivity contribution < 1.29 is 14.3 Å². The number of hydrogen-bond acceptors (Lipinski definition) is 3. The van der Waals surface area contributed by atoms with Crippen LogP contribution in [0.2, 0.25) is 11.6 Å². The smallest absolute Gasteiger partial charge is 0.189 e. The minimum Gasteiger partial charge on any atom is -0.498 e. The van der Waals surface area contributed by atoms with E-state index in [0.29, 0.717) is 17.4 Å². The van der Waals surface area contributed by atoms with E-state index in [0.717, 1.165) is 60.6 Å². The summed E-state index contributed by atoms with van der Waals surface area (Å²) >= 11 is 0. The molecule has 4 heteroatoms. The molecule has 3 unspecified atom stereocenters. The molecule has 0 saturated carbocycles. The van der Waals surface area contributed by atoms with Gasteiger partial charge in [0.1, 0.15) is 12.0 Å². The Bertz CT molecular complexity index is 745. The van der Waals surface area contributed by atoms with Gasteiger partial charge in [-0.25, -0.2) is 0 Å².